The molecule has 0 rings (SSSR count). The highest BCUT2D eigenvalue weighted by atomic mass is 16.6. The minimum atomic E-state index is -1.15. The number of carbonyl (C=O) groups is 5. The molecule has 14 nitrogen and oxygen atoms in total. The van der Waals surface area contributed by atoms with Gasteiger partial charge in [0.25, 0.3) is 0 Å². The zero-order valence-electron chi connectivity index (χ0n) is 27.6. The number of guanidine groups is 1. The number of rotatable bonds is 6. The van der Waals surface area contributed by atoms with Gasteiger partial charge in [0, 0.05) is 19.6 Å². The van der Waals surface area contributed by atoms with Crippen molar-refractivity contribution in [1.82, 2.24) is 15.1 Å². The van der Waals surface area contributed by atoms with Crippen LogP contribution in [0, 0.1) is 0 Å². The molecule has 0 aliphatic rings. The SMILES string of the molecule is COC(=O)C[C@H](CCN(C)/C(=N\C(=O)OC(C)(C)C)N(C(=O)OC(C)(C)C)C(=O)OC(C)(C)C)NC(=O)OC(C)(C)C. The molecule has 0 bridgehead atoms. The number of ether oxygens (including phenoxy) is 5. The fourth-order valence-corrected chi connectivity index (χ4v) is 2.96. The van der Waals surface area contributed by atoms with Crippen LogP contribution in [-0.4, -0.2) is 95.2 Å². The first-order chi connectivity index (χ1) is 18.7. The summed E-state index contributed by atoms with van der Waals surface area (Å²) in [5.74, 6) is -1.05. The van der Waals surface area contributed by atoms with E-state index in [0.717, 1.165) is 0 Å². The van der Waals surface area contributed by atoms with Gasteiger partial charge in [0.2, 0.25) is 5.96 Å². The van der Waals surface area contributed by atoms with E-state index >= 15 is 0 Å². The summed E-state index contributed by atoms with van der Waals surface area (Å²) in [6.07, 6.45) is -4.27. The maximum absolute atomic E-state index is 13.3. The lowest BCUT2D eigenvalue weighted by molar-refractivity contribution is -0.141. The Labute approximate surface area is 249 Å². The third kappa shape index (κ3) is 17.3. The zero-order chi connectivity index (χ0) is 33.3. The molecule has 0 aromatic rings. The van der Waals surface area contributed by atoms with Gasteiger partial charge in [0.15, 0.2) is 0 Å². The van der Waals surface area contributed by atoms with Crippen LogP contribution in [0.1, 0.15) is 95.9 Å². The number of alkyl carbamates (subject to hydrolysis) is 1. The van der Waals surface area contributed by atoms with Crippen molar-refractivity contribution in [3.63, 3.8) is 0 Å². The zero-order valence-corrected chi connectivity index (χ0v) is 27.6. The van der Waals surface area contributed by atoms with E-state index in [1.165, 1.54) is 19.1 Å². The van der Waals surface area contributed by atoms with Crippen molar-refractivity contribution in [2.24, 2.45) is 4.99 Å². The average Bonchev–Trinajstić information content (AvgIpc) is 2.71. The van der Waals surface area contributed by atoms with E-state index in [-0.39, 0.29) is 19.4 Å². The number of amides is 4. The third-order valence-corrected chi connectivity index (χ3v) is 4.45. The van der Waals surface area contributed by atoms with E-state index in [2.05, 4.69) is 10.3 Å². The molecule has 0 heterocycles. The Morgan fingerprint density at radius 3 is 1.52 bits per heavy atom. The van der Waals surface area contributed by atoms with Gasteiger partial charge >= 0.3 is 30.3 Å². The lowest BCUT2D eigenvalue weighted by atomic mass is 10.1. The first kappa shape index (κ1) is 38.4. The van der Waals surface area contributed by atoms with Gasteiger partial charge in [-0.15, -0.1) is 9.89 Å². The quantitative estimate of drug-likeness (QED) is 0.183. The molecule has 0 aromatic heterocycles. The second-order valence-corrected chi connectivity index (χ2v) is 13.5. The monoisotopic (exact) mass is 602 g/mol. The van der Waals surface area contributed by atoms with E-state index in [1.807, 2.05) is 0 Å². The number of imide groups is 1. The number of esters is 1. The van der Waals surface area contributed by atoms with Crippen LogP contribution in [0.3, 0.4) is 0 Å². The Morgan fingerprint density at radius 1 is 0.714 bits per heavy atom. The van der Waals surface area contributed by atoms with E-state index in [9.17, 15) is 24.0 Å². The van der Waals surface area contributed by atoms with Crippen LogP contribution in [0.15, 0.2) is 4.99 Å². The molecular formula is C28H50N4O10. The molecule has 0 radical (unpaired) electrons. The van der Waals surface area contributed by atoms with Gasteiger partial charge in [-0.1, -0.05) is 0 Å². The molecule has 0 spiro atoms. The van der Waals surface area contributed by atoms with Gasteiger partial charge in [-0.3, -0.25) is 4.79 Å². The van der Waals surface area contributed by atoms with Crippen molar-refractivity contribution in [3.8, 4) is 0 Å². The number of hydrogen-bond donors (Lipinski definition) is 1. The second-order valence-electron chi connectivity index (χ2n) is 13.5. The highest BCUT2D eigenvalue weighted by Gasteiger charge is 2.38. The minimum absolute atomic E-state index is 0.0266. The number of methoxy groups -OCH3 is 1. The molecule has 1 atom stereocenters. The summed E-state index contributed by atoms with van der Waals surface area (Å²) >= 11 is 0. The van der Waals surface area contributed by atoms with Crippen LogP contribution in [0.4, 0.5) is 19.2 Å². The van der Waals surface area contributed by atoms with E-state index in [4.69, 9.17) is 23.7 Å². The lowest BCUT2D eigenvalue weighted by Gasteiger charge is -2.33. The van der Waals surface area contributed by atoms with Crippen LogP contribution >= 0.6 is 0 Å². The van der Waals surface area contributed by atoms with Gasteiger partial charge in [-0.25, -0.2) is 19.2 Å². The largest absolute Gasteiger partial charge is 0.469 e. The molecular weight excluding hydrogens is 552 g/mol. The van der Waals surface area contributed by atoms with Gasteiger partial charge in [0.05, 0.1) is 13.5 Å². The van der Waals surface area contributed by atoms with Crippen LogP contribution in [0.25, 0.3) is 0 Å². The van der Waals surface area contributed by atoms with E-state index in [0.29, 0.717) is 4.90 Å². The number of carbonyl (C=O) groups excluding carboxylic acids is 5. The number of aliphatic imine (C=N–C) groups is 1. The number of hydrogen-bond acceptors (Lipinski definition) is 10. The topological polar surface area (TPSA) is 162 Å². The highest BCUT2D eigenvalue weighted by Crippen LogP contribution is 2.18. The third-order valence-electron chi connectivity index (χ3n) is 4.45. The van der Waals surface area contributed by atoms with Crippen LogP contribution < -0.4 is 5.32 Å². The predicted octanol–water partition coefficient (Wildman–Crippen LogP) is 5.23. The molecule has 1 N–H and O–H groups in total. The molecule has 0 aliphatic heterocycles. The minimum Gasteiger partial charge on any atom is -0.469 e. The smallest absolute Gasteiger partial charge is 0.437 e. The Morgan fingerprint density at radius 2 is 1.14 bits per heavy atom. The Bertz CT molecular complexity index is 970. The summed E-state index contributed by atoms with van der Waals surface area (Å²) in [5, 5.41) is 2.62. The van der Waals surface area contributed by atoms with Crippen LogP contribution in [-0.2, 0) is 28.5 Å². The van der Waals surface area contributed by atoms with Crippen LogP contribution in [0.5, 0.6) is 0 Å². The fourth-order valence-electron chi connectivity index (χ4n) is 2.96. The predicted molar refractivity (Wildman–Crippen MR) is 155 cm³/mol. The molecule has 0 unspecified atom stereocenters. The lowest BCUT2D eigenvalue weighted by Crippen LogP contribution is -2.53. The molecule has 42 heavy (non-hydrogen) atoms. The average molecular weight is 603 g/mol. The molecule has 0 aliphatic carbocycles. The number of nitrogens with zero attached hydrogens (tertiary/aromatic N) is 3. The Kier molecular flexibility index (Phi) is 13.8. The van der Waals surface area contributed by atoms with E-state index in [1.54, 1.807) is 83.1 Å². The summed E-state index contributed by atoms with van der Waals surface area (Å²) in [6, 6.07) is -0.783. The van der Waals surface area contributed by atoms with Crippen molar-refractivity contribution in [2.75, 3.05) is 20.7 Å². The standard InChI is InChI=1S/C28H50N4O10/c1-25(2,3)39-21(34)29-18(17-19(33)38-14)15-16-31(13)20(30-22(35)40-26(4,5)6)32(23(36)41-27(7,8)9)24(37)42-28(10,11)12/h18H,15-17H2,1-14H3,(H,29,34)/b30-20+/t18-/m0/s1. The van der Waals surface area contributed by atoms with Gasteiger partial charge in [0.1, 0.15) is 22.4 Å². The van der Waals surface area contributed by atoms with E-state index < -0.39 is 64.7 Å². The maximum atomic E-state index is 13.3. The Hall–Kier alpha value is -3.58. The van der Waals surface area contributed by atoms with Crippen LogP contribution in [0.2, 0.25) is 0 Å². The molecule has 4 amide bonds. The second kappa shape index (κ2) is 15.1. The fraction of sp³-hybridized carbons (Fsp3) is 0.786. The summed E-state index contributed by atoms with van der Waals surface area (Å²) in [6.45, 7) is 19.6. The Balaban J connectivity index is 6.55. The van der Waals surface area contributed by atoms with Gasteiger partial charge in [-0.05, 0) is 89.5 Å². The van der Waals surface area contributed by atoms with Crippen molar-refractivity contribution >= 4 is 36.3 Å². The highest BCUT2D eigenvalue weighted by molar-refractivity contribution is 6.10. The molecule has 14 heteroatoms. The molecule has 0 aromatic carbocycles. The molecule has 0 fully saturated rings. The van der Waals surface area contributed by atoms with Crippen molar-refractivity contribution < 1.29 is 47.7 Å². The summed E-state index contributed by atoms with van der Waals surface area (Å²) in [5.41, 5.74) is -3.76. The molecule has 0 saturated heterocycles. The maximum Gasteiger partial charge on any atom is 0.437 e. The van der Waals surface area contributed by atoms with Gasteiger partial charge < -0.3 is 33.9 Å². The van der Waals surface area contributed by atoms with Crippen molar-refractivity contribution in [1.29, 1.82) is 0 Å². The molecule has 242 valence electrons. The molecule has 0 saturated carbocycles. The normalized spacial score (nSPS) is 13.3. The first-order valence-electron chi connectivity index (χ1n) is 13.6. The number of nitrogens with one attached hydrogen (secondary N) is 1. The summed E-state index contributed by atoms with van der Waals surface area (Å²) in [7, 11) is 2.66. The summed E-state index contributed by atoms with van der Waals surface area (Å²) < 4.78 is 26.2. The summed E-state index contributed by atoms with van der Waals surface area (Å²) in [4.78, 5) is 69.6. The first-order valence-corrected chi connectivity index (χ1v) is 13.6. The van der Waals surface area contributed by atoms with Gasteiger partial charge in [-0.2, -0.15) is 0 Å². The van der Waals surface area contributed by atoms with Crippen molar-refractivity contribution in [2.45, 2.75) is 124 Å². The van der Waals surface area contributed by atoms with Crippen molar-refractivity contribution in [3.05, 3.63) is 0 Å².